The molecule has 0 radical (unpaired) electrons. The first kappa shape index (κ1) is 16.3. The van der Waals surface area contributed by atoms with Crippen LogP contribution < -0.4 is 4.90 Å². The average Bonchev–Trinajstić information content (AvgIpc) is 3.10. The van der Waals surface area contributed by atoms with Crippen LogP contribution in [0, 0.1) is 13.8 Å². The van der Waals surface area contributed by atoms with E-state index in [-0.39, 0.29) is 0 Å². The number of fused-ring (bicyclic) bond motifs is 1. The van der Waals surface area contributed by atoms with Crippen molar-refractivity contribution in [3.8, 4) is 5.69 Å². The lowest BCUT2D eigenvalue weighted by atomic mass is 10.1. The Morgan fingerprint density at radius 1 is 1.00 bits per heavy atom. The van der Waals surface area contributed by atoms with Crippen molar-refractivity contribution in [3.05, 3.63) is 72.2 Å². The van der Waals surface area contributed by atoms with Crippen molar-refractivity contribution in [2.45, 2.75) is 20.8 Å². The summed E-state index contributed by atoms with van der Waals surface area (Å²) in [6.07, 6.45) is 3.48. The van der Waals surface area contributed by atoms with Crippen molar-refractivity contribution in [1.82, 2.24) is 19.7 Å². The van der Waals surface area contributed by atoms with Crippen LogP contribution in [0.5, 0.6) is 0 Å². The van der Waals surface area contributed by atoms with E-state index in [0.717, 1.165) is 40.3 Å². The Bertz CT molecular complexity index is 1050. The molecule has 0 saturated heterocycles. The van der Waals surface area contributed by atoms with E-state index in [1.807, 2.05) is 29.1 Å². The highest BCUT2D eigenvalue weighted by molar-refractivity contribution is 5.90. The number of hydrogen-bond acceptors (Lipinski definition) is 4. The second-order valence-electron chi connectivity index (χ2n) is 6.36. The van der Waals surface area contributed by atoms with E-state index in [0.29, 0.717) is 0 Å². The number of hydrogen-bond donors (Lipinski definition) is 0. The number of aryl methyl sites for hydroxylation is 2. The van der Waals surface area contributed by atoms with Crippen LogP contribution in [-0.2, 0) is 0 Å². The molecule has 0 fully saturated rings. The molecule has 0 saturated carbocycles. The Morgan fingerprint density at radius 2 is 1.81 bits per heavy atom. The summed E-state index contributed by atoms with van der Waals surface area (Å²) >= 11 is 0. The molecule has 0 N–H and O–H groups in total. The maximum absolute atomic E-state index is 4.63. The molecule has 130 valence electrons. The van der Waals surface area contributed by atoms with Crippen LogP contribution in [0.4, 0.5) is 11.5 Å². The maximum Gasteiger partial charge on any atom is 0.168 e. The Kier molecular flexibility index (Phi) is 4.13. The Morgan fingerprint density at radius 3 is 2.58 bits per heavy atom. The van der Waals surface area contributed by atoms with E-state index in [9.17, 15) is 0 Å². The first-order valence-electron chi connectivity index (χ1n) is 8.78. The predicted molar refractivity (Wildman–Crippen MR) is 105 cm³/mol. The molecule has 0 amide bonds. The molecule has 0 bridgehead atoms. The fourth-order valence-corrected chi connectivity index (χ4v) is 3.23. The molecular weight excluding hydrogens is 322 g/mol. The first-order chi connectivity index (χ1) is 12.7. The van der Waals surface area contributed by atoms with Gasteiger partial charge in [0.25, 0.3) is 0 Å². The number of aromatic nitrogens is 4. The molecule has 4 aromatic rings. The molecule has 0 spiro atoms. The maximum atomic E-state index is 4.63. The number of benzene rings is 2. The number of rotatable bonds is 4. The van der Waals surface area contributed by atoms with Gasteiger partial charge in [-0.25, -0.2) is 14.6 Å². The van der Waals surface area contributed by atoms with E-state index in [1.165, 1.54) is 5.56 Å². The lowest BCUT2D eigenvalue weighted by Crippen LogP contribution is -2.17. The van der Waals surface area contributed by atoms with Crippen molar-refractivity contribution in [2.24, 2.45) is 0 Å². The van der Waals surface area contributed by atoms with Crippen LogP contribution in [0.15, 0.2) is 61.1 Å². The predicted octanol–water partition coefficient (Wildman–Crippen LogP) is 4.59. The minimum absolute atomic E-state index is 0.810. The van der Waals surface area contributed by atoms with Crippen LogP contribution >= 0.6 is 0 Å². The minimum atomic E-state index is 0.810. The normalized spacial score (nSPS) is 11.0. The third-order valence-corrected chi connectivity index (χ3v) is 4.58. The summed E-state index contributed by atoms with van der Waals surface area (Å²) in [4.78, 5) is 11.3. The summed E-state index contributed by atoms with van der Waals surface area (Å²) in [5.74, 6) is 0.875. The minimum Gasteiger partial charge on any atom is -0.326 e. The average molecular weight is 343 g/mol. The molecule has 0 unspecified atom stereocenters. The Hall–Kier alpha value is -3.21. The highest BCUT2D eigenvalue weighted by atomic mass is 15.3. The van der Waals surface area contributed by atoms with E-state index in [4.69, 9.17) is 0 Å². The standard InChI is InChI=1S/C21H21N5/c1-4-25(17-8-6-5-7-9-17)20-18-13-24-26(21(18)23-14-22-20)19-12-15(2)10-11-16(19)3/h5-14H,4H2,1-3H3. The Labute approximate surface area is 152 Å². The molecule has 5 nitrogen and oxygen atoms in total. The van der Waals surface area contributed by atoms with Gasteiger partial charge in [0, 0.05) is 12.2 Å². The summed E-state index contributed by atoms with van der Waals surface area (Å²) in [5, 5.41) is 5.57. The van der Waals surface area contributed by atoms with Gasteiger partial charge in [0.2, 0.25) is 0 Å². The van der Waals surface area contributed by atoms with Crippen molar-refractivity contribution in [1.29, 1.82) is 0 Å². The Balaban J connectivity index is 1.89. The fourth-order valence-electron chi connectivity index (χ4n) is 3.23. The zero-order chi connectivity index (χ0) is 18.1. The van der Waals surface area contributed by atoms with Crippen LogP contribution in [-0.4, -0.2) is 26.3 Å². The van der Waals surface area contributed by atoms with Gasteiger partial charge in [0.1, 0.15) is 12.1 Å². The molecule has 0 aliphatic heterocycles. The molecule has 0 atom stereocenters. The molecule has 5 heteroatoms. The molecule has 26 heavy (non-hydrogen) atoms. The van der Waals surface area contributed by atoms with Crippen LogP contribution in [0.1, 0.15) is 18.1 Å². The van der Waals surface area contributed by atoms with Gasteiger partial charge in [-0.2, -0.15) is 5.10 Å². The second-order valence-corrected chi connectivity index (χ2v) is 6.36. The quantitative estimate of drug-likeness (QED) is 0.544. The van der Waals surface area contributed by atoms with Crippen LogP contribution in [0.3, 0.4) is 0 Å². The van der Waals surface area contributed by atoms with Gasteiger partial charge < -0.3 is 4.90 Å². The zero-order valence-electron chi connectivity index (χ0n) is 15.2. The SMILES string of the molecule is CCN(c1ccccc1)c1ncnc2c1cnn2-c1cc(C)ccc1C. The topological polar surface area (TPSA) is 46.8 Å². The lowest BCUT2D eigenvalue weighted by Gasteiger charge is -2.22. The molecule has 2 aromatic heterocycles. The van der Waals surface area contributed by atoms with Gasteiger partial charge in [-0.15, -0.1) is 0 Å². The summed E-state index contributed by atoms with van der Waals surface area (Å²) in [5.41, 5.74) is 5.33. The van der Waals surface area contributed by atoms with Gasteiger partial charge >= 0.3 is 0 Å². The third-order valence-electron chi connectivity index (χ3n) is 4.58. The second kappa shape index (κ2) is 6.59. The number of nitrogens with zero attached hydrogens (tertiary/aromatic N) is 5. The summed E-state index contributed by atoms with van der Waals surface area (Å²) < 4.78 is 1.90. The van der Waals surface area contributed by atoms with Crippen molar-refractivity contribution in [2.75, 3.05) is 11.4 Å². The van der Waals surface area contributed by atoms with E-state index >= 15 is 0 Å². The van der Waals surface area contributed by atoms with Gasteiger partial charge in [-0.05, 0) is 50.1 Å². The molecule has 0 aliphatic carbocycles. The van der Waals surface area contributed by atoms with Crippen molar-refractivity contribution >= 4 is 22.5 Å². The molecule has 2 aromatic carbocycles. The first-order valence-corrected chi connectivity index (χ1v) is 8.78. The molecule has 0 aliphatic rings. The highest BCUT2D eigenvalue weighted by Crippen LogP contribution is 2.30. The monoisotopic (exact) mass is 343 g/mol. The highest BCUT2D eigenvalue weighted by Gasteiger charge is 2.17. The van der Waals surface area contributed by atoms with Gasteiger partial charge in [0.15, 0.2) is 5.65 Å². The van der Waals surface area contributed by atoms with Crippen molar-refractivity contribution in [3.63, 3.8) is 0 Å². The van der Waals surface area contributed by atoms with E-state index in [1.54, 1.807) is 6.33 Å². The number of para-hydroxylation sites is 1. The van der Waals surface area contributed by atoms with Crippen LogP contribution in [0.25, 0.3) is 16.7 Å². The molecule has 2 heterocycles. The summed E-state index contributed by atoms with van der Waals surface area (Å²) in [6, 6.07) is 16.6. The van der Waals surface area contributed by atoms with Gasteiger partial charge in [-0.3, -0.25) is 0 Å². The lowest BCUT2D eigenvalue weighted by molar-refractivity contribution is 0.885. The molecular formula is C21H21N5. The third kappa shape index (κ3) is 2.71. The molecule has 4 rings (SSSR count). The van der Waals surface area contributed by atoms with E-state index < -0.39 is 0 Å². The smallest absolute Gasteiger partial charge is 0.168 e. The fraction of sp³-hybridized carbons (Fsp3) is 0.190. The van der Waals surface area contributed by atoms with Gasteiger partial charge in [-0.1, -0.05) is 30.3 Å². The van der Waals surface area contributed by atoms with E-state index in [2.05, 4.69) is 71.1 Å². The summed E-state index contributed by atoms with van der Waals surface area (Å²) in [7, 11) is 0. The largest absolute Gasteiger partial charge is 0.326 e. The van der Waals surface area contributed by atoms with Gasteiger partial charge in [0.05, 0.1) is 17.3 Å². The summed E-state index contributed by atoms with van der Waals surface area (Å²) in [6.45, 7) is 7.11. The van der Waals surface area contributed by atoms with Crippen molar-refractivity contribution < 1.29 is 0 Å². The zero-order valence-corrected chi connectivity index (χ0v) is 15.2. The number of anilines is 2. The van der Waals surface area contributed by atoms with Crippen LogP contribution in [0.2, 0.25) is 0 Å².